The van der Waals surface area contributed by atoms with E-state index < -0.39 is 0 Å². The zero-order valence-corrected chi connectivity index (χ0v) is 23.5. The molecule has 0 bridgehead atoms. The van der Waals surface area contributed by atoms with Crippen LogP contribution in [0, 0.1) is 6.92 Å². The molecule has 4 rings (SSSR count). The van der Waals surface area contributed by atoms with Gasteiger partial charge in [0.1, 0.15) is 34.6 Å². The van der Waals surface area contributed by atoms with Crippen LogP contribution in [0.3, 0.4) is 0 Å². The van der Waals surface area contributed by atoms with Crippen LogP contribution in [0.1, 0.15) is 35.1 Å². The number of ether oxygens (including phenoxy) is 2. The number of carbonyl (C=O) groups is 2. The van der Waals surface area contributed by atoms with Crippen molar-refractivity contribution in [3.63, 3.8) is 0 Å². The summed E-state index contributed by atoms with van der Waals surface area (Å²) in [6.07, 6.45) is 2.38. The molecule has 0 aliphatic carbocycles. The Hall–Kier alpha value is -4.67. The molecular formula is C31H30N4O5S. The van der Waals surface area contributed by atoms with Gasteiger partial charge in [0, 0.05) is 41.5 Å². The number of hydrogen-bond donors (Lipinski definition) is 2. The number of thioether (sulfide) groups is 1. The highest BCUT2D eigenvalue weighted by atomic mass is 32.2. The largest absolute Gasteiger partial charge is 0.457 e. The second kappa shape index (κ2) is 14.1. The third-order valence-corrected chi connectivity index (χ3v) is 7.15. The van der Waals surface area contributed by atoms with Crippen LogP contribution in [0.4, 0.5) is 5.82 Å². The van der Waals surface area contributed by atoms with E-state index in [9.17, 15) is 14.7 Å². The SMILES string of the molecule is CC(=C(CCO)SC(=O)c1ccc(Oc2ccccc2)cc1Oc1ccccc1)N(C=O)Cc1cnc(C)nc1N. The summed E-state index contributed by atoms with van der Waals surface area (Å²) >= 11 is 0.923. The maximum absolute atomic E-state index is 13.7. The molecule has 9 nitrogen and oxygen atoms in total. The highest BCUT2D eigenvalue weighted by Crippen LogP contribution is 2.36. The van der Waals surface area contributed by atoms with Gasteiger partial charge < -0.3 is 25.2 Å². The van der Waals surface area contributed by atoms with Crippen molar-refractivity contribution < 1.29 is 24.2 Å². The first-order valence-corrected chi connectivity index (χ1v) is 13.6. The molecule has 0 aliphatic heterocycles. The molecule has 0 spiro atoms. The summed E-state index contributed by atoms with van der Waals surface area (Å²) in [6.45, 7) is 3.33. The molecule has 210 valence electrons. The number of anilines is 1. The van der Waals surface area contributed by atoms with Crippen LogP contribution in [0.15, 0.2) is 95.7 Å². The summed E-state index contributed by atoms with van der Waals surface area (Å²) in [7, 11) is 0. The molecule has 0 saturated carbocycles. The fraction of sp³-hybridized carbons (Fsp3) is 0.161. The highest BCUT2D eigenvalue weighted by molar-refractivity contribution is 8.17. The Balaban J connectivity index is 1.63. The predicted molar refractivity (Wildman–Crippen MR) is 159 cm³/mol. The Bertz CT molecular complexity index is 1530. The van der Waals surface area contributed by atoms with Crippen molar-refractivity contribution in [2.24, 2.45) is 0 Å². The quantitative estimate of drug-likeness (QED) is 0.194. The van der Waals surface area contributed by atoms with Crippen molar-refractivity contribution in [2.45, 2.75) is 26.8 Å². The molecule has 0 atom stereocenters. The van der Waals surface area contributed by atoms with Gasteiger partial charge in [-0.1, -0.05) is 36.4 Å². The Morgan fingerprint density at radius 2 is 1.66 bits per heavy atom. The van der Waals surface area contributed by atoms with E-state index in [0.29, 0.717) is 57.0 Å². The van der Waals surface area contributed by atoms with Crippen molar-refractivity contribution in [3.8, 4) is 23.0 Å². The van der Waals surface area contributed by atoms with E-state index in [1.54, 1.807) is 50.4 Å². The lowest BCUT2D eigenvalue weighted by Gasteiger charge is -2.22. The number of nitrogens with two attached hydrogens (primary N) is 1. The molecule has 0 radical (unpaired) electrons. The van der Waals surface area contributed by atoms with E-state index in [4.69, 9.17) is 15.2 Å². The number of aryl methyl sites for hydroxylation is 1. The number of amides is 1. The van der Waals surface area contributed by atoms with Gasteiger partial charge in [-0.25, -0.2) is 9.97 Å². The summed E-state index contributed by atoms with van der Waals surface area (Å²) in [4.78, 5) is 36.0. The van der Waals surface area contributed by atoms with E-state index >= 15 is 0 Å². The molecule has 1 heterocycles. The van der Waals surface area contributed by atoms with E-state index in [1.807, 2.05) is 48.5 Å². The number of rotatable bonds is 12. The van der Waals surface area contributed by atoms with E-state index in [2.05, 4.69) is 9.97 Å². The van der Waals surface area contributed by atoms with Gasteiger partial charge in [-0.15, -0.1) is 0 Å². The fourth-order valence-corrected chi connectivity index (χ4v) is 4.81. The van der Waals surface area contributed by atoms with E-state index in [-0.39, 0.29) is 30.5 Å². The Kier molecular flexibility index (Phi) is 10.1. The fourth-order valence-electron chi connectivity index (χ4n) is 3.85. The lowest BCUT2D eigenvalue weighted by Crippen LogP contribution is -2.22. The first-order valence-electron chi connectivity index (χ1n) is 12.8. The van der Waals surface area contributed by atoms with Gasteiger partial charge in [0.15, 0.2) is 0 Å². The summed E-state index contributed by atoms with van der Waals surface area (Å²) < 4.78 is 12.1. The molecule has 0 aliphatic rings. The molecule has 0 fully saturated rings. The number of carbonyl (C=O) groups excluding carboxylic acids is 2. The summed E-state index contributed by atoms with van der Waals surface area (Å²) in [6, 6.07) is 23.4. The molecule has 1 amide bonds. The minimum absolute atomic E-state index is 0.110. The summed E-state index contributed by atoms with van der Waals surface area (Å²) in [5.74, 6) is 2.78. The minimum Gasteiger partial charge on any atom is -0.457 e. The van der Waals surface area contributed by atoms with Gasteiger partial charge in [-0.3, -0.25) is 9.59 Å². The van der Waals surface area contributed by atoms with Crippen molar-refractivity contribution in [2.75, 3.05) is 12.3 Å². The van der Waals surface area contributed by atoms with E-state index in [0.717, 1.165) is 11.8 Å². The lowest BCUT2D eigenvalue weighted by atomic mass is 10.2. The third-order valence-electron chi connectivity index (χ3n) is 6.00. The number of allylic oxidation sites excluding steroid dienone is 1. The second-order valence-corrected chi connectivity index (χ2v) is 9.99. The van der Waals surface area contributed by atoms with Crippen LogP contribution < -0.4 is 15.2 Å². The number of benzene rings is 3. The Morgan fingerprint density at radius 3 is 2.27 bits per heavy atom. The third kappa shape index (κ3) is 7.93. The molecule has 3 aromatic carbocycles. The van der Waals surface area contributed by atoms with Gasteiger partial charge in [-0.05, 0) is 62.0 Å². The van der Waals surface area contributed by atoms with Crippen molar-refractivity contribution in [3.05, 3.63) is 113 Å². The molecule has 10 heteroatoms. The molecular weight excluding hydrogens is 540 g/mol. The Labute approximate surface area is 242 Å². The summed E-state index contributed by atoms with van der Waals surface area (Å²) in [5, 5.41) is 9.44. The van der Waals surface area contributed by atoms with Gasteiger partial charge in [0.2, 0.25) is 11.5 Å². The van der Waals surface area contributed by atoms with Crippen molar-refractivity contribution in [1.82, 2.24) is 14.9 Å². The smallest absolute Gasteiger partial charge is 0.227 e. The molecule has 3 N–H and O–H groups in total. The van der Waals surface area contributed by atoms with Crippen LogP contribution in [0.5, 0.6) is 23.0 Å². The standard InChI is InChI=1S/C31H30N4O5S/c1-21(35(20-37)19-23-18-33-22(2)34-30(23)32)29(15-16-36)41-31(38)27-14-13-26(39-24-9-5-3-6-10-24)17-28(27)40-25-11-7-4-8-12-25/h3-14,17-18,20,36H,15-16,19H2,1-2H3,(H2,32,33,34). The number of nitrogens with zero attached hydrogens (tertiary/aromatic N) is 3. The molecule has 0 unspecified atom stereocenters. The minimum atomic E-state index is -0.325. The van der Waals surface area contributed by atoms with Crippen LogP contribution in [-0.4, -0.2) is 38.1 Å². The van der Waals surface area contributed by atoms with Crippen molar-refractivity contribution in [1.29, 1.82) is 0 Å². The average Bonchev–Trinajstić information content (AvgIpc) is 2.97. The second-order valence-electron chi connectivity index (χ2n) is 8.92. The lowest BCUT2D eigenvalue weighted by molar-refractivity contribution is -0.116. The molecule has 41 heavy (non-hydrogen) atoms. The number of hydrogen-bond acceptors (Lipinski definition) is 9. The summed E-state index contributed by atoms with van der Waals surface area (Å²) in [5.41, 5.74) is 7.39. The maximum atomic E-state index is 13.7. The first kappa shape index (κ1) is 29.3. The van der Waals surface area contributed by atoms with Gasteiger partial charge in [0.25, 0.3) is 0 Å². The normalized spacial score (nSPS) is 11.4. The molecule has 4 aromatic rings. The monoisotopic (exact) mass is 570 g/mol. The zero-order valence-electron chi connectivity index (χ0n) is 22.7. The van der Waals surface area contributed by atoms with Gasteiger partial charge in [0.05, 0.1) is 12.1 Å². The number of para-hydroxylation sites is 2. The molecule has 1 aromatic heterocycles. The van der Waals surface area contributed by atoms with Gasteiger partial charge >= 0.3 is 0 Å². The van der Waals surface area contributed by atoms with Crippen LogP contribution >= 0.6 is 11.8 Å². The number of aliphatic hydroxyl groups excluding tert-OH is 1. The average molecular weight is 571 g/mol. The van der Waals surface area contributed by atoms with Crippen LogP contribution in [0.2, 0.25) is 0 Å². The van der Waals surface area contributed by atoms with Crippen molar-refractivity contribution >= 4 is 29.1 Å². The van der Waals surface area contributed by atoms with E-state index in [1.165, 1.54) is 4.90 Å². The number of aromatic nitrogens is 2. The first-order chi connectivity index (χ1) is 19.9. The zero-order chi connectivity index (χ0) is 29.2. The van der Waals surface area contributed by atoms with Gasteiger partial charge in [-0.2, -0.15) is 0 Å². The number of aliphatic hydroxyl groups is 1. The topological polar surface area (TPSA) is 128 Å². The van der Waals surface area contributed by atoms with Crippen LogP contribution in [0.25, 0.3) is 0 Å². The number of nitrogen functional groups attached to an aromatic ring is 1. The maximum Gasteiger partial charge on any atom is 0.227 e. The highest BCUT2D eigenvalue weighted by Gasteiger charge is 2.21. The molecule has 0 saturated heterocycles. The Morgan fingerprint density at radius 1 is 1.00 bits per heavy atom. The van der Waals surface area contributed by atoms with Crippen LogP contribution in [-0.2, 0) is 11.3 Å². The predicted octanol–water partition coefficient (Wildman–Crippen LogP) is 6.10.